The number of carbonyl (C=O) groups excluding carboxylic acids is 2. The SMILES string of the molecule is CSCCC(NC(=O)[C@@]12C[C@@H](NC(=O)OCC3c4ccccc4-c4ccccc43)C[C@@H]1C2)C(=O)O. The summed E-state index contributed by atoms with van der Waals surface area (Å²) in [7, 11) is 0. The average Bonchev–Trinajstić information content (AvgIpc) is 3.28. The minimum atomic E-state index is -1.01. The largest absolute Gasteiger partial charge is 0.480 e. The molecule has 2 aromatic rings. The Morgan fingerprint density at radius 2 is 1.74 bits per heavy atom. The Bertz CT molecular complexity index is 1110. The molecule has 184 valence electrons. The van der Waals surface area contributed by atoms with Crippen LogP contribution in [0.5, 0.6) is 0 Å². The van der Waals surface area contributed by atoms with E-state index >= 15 is 0 Å². The molecule has 0 radical (unpaired) electrons. The molecule has 0 aliphatic heterocycles. The van der Waals surface area contributed by atoms with Gasteiger partial charge in [0.25, 0.3) is 0 Å². The Morgan fingerprint density at radius 1 is 1.09 bits per heavy atom. The number of ether oxygens (including phenoxy) is 1. The number of thioether (sulfide) groups is 1. The van der Waals surface area contributed by atoms with Gasteiger partial charge < -0.3 is 20.5 Å². The lowest BCUT2D eigenvalue weighted by Crippen LogP contribution is -2.45. The second-order valence-corrected chi connectivity index (χ2v) is 10.8. The predicted octanol–water partition coefficient (Wildman–Crippen LogP) is 4.02. The maximum atomic E-state index is 12.9. The van der Waals surface area contributed by atoms with Crippen LogP contribution in [0.25, 0.3) is 11.1 Å². The van der Waals surface area contributed by atoms with Crippen molar-refractivity contribution in [3.8, 4) is 11.1 Å². The maximum Gasteiger partial charge on any atom is 0.407 e. The van der Waals surface area contributed by atoms with Crippen molar-refractivity contribution >= 4 is 29.7 Å². The molecule has 2 aromatic carbocycles. The Morgan fingerprint density at radius 3 is 2.37 bits per heavy atom. The van der Waals surface area contributed by atoms with Gasteiger partial charge >= 0.3 is 12.1 Å². The van der Waals surface area contributed by atoms with Gasteiger partial charge in [-0.3, -0.25) is 4.79 Å². The van der Waals surface area contributed by atoms with Gasteiger partial charge in [0.2, 0.25) is 5.91 Å². The molecule has 35 heavy (non-hydrogen) atoms. The van der Waals surface area contributed by atoms with Crippen molar-refractivity contribution in [3.05, 3.63) is 59.7 Å². The lowest BCUT2D eigenvalue weighted by molar-refractivity contribution is -0.142. The molecule has 2 amide bonds. The molecule has 0 aromatic heterocycles. The van der Waals surface area contributed by atoms with Gasteiger partial charge in [-0.05, 0) is 65.9 Å². The van der Waals surface area contributed by atoms with E-state index in [0.29, 0.717) is 25.0 Å². The molecule has 5 rings (SSSR count). The van der Waals surface area contributed by atoms with Crippen LogP contribution in [0.4, 0.5) is 4.79 Å². The van der Waals surface area contributed by atoms with Crippen molar-refractivity contribution < 1.29 is 24.2 Å². The van der Waals surface area contributed by atoms with E-state index in [2.05, 4.69) is 34.9 Å². The number of fused-ring (bicyclic) bond motifs is 4. The lowest BCUT2D eigenvalue weighted by atomic mass is 9.98. The number of carboxylic acid groups (broad SMARTS) is 1. The van der Waals surface area contributed by atoms with E-state index in [9.17, 15) is 19.5 Å². The summed E-state index contributed by atoms with van der Waals surface area (Å²) >= 11 is 1.55. The summed E-state index contributed by atoms with van der Waals surface area (Å²) in [5.74, 6) is -0.368. The van der Waals surface area contributed by atoms with Gasteiger partial charge in [-0.25, -0.2) is 9.59 Å². The highest BCUT2D eigenvalue weighted by atomic mass is 32.2. The van der Waals surface area contributed by atoms with E-state index in [1.165, 1.54) is 11.1 Å². The molecular weight excluding hydrogens is 464 g/mol. The minimum Gasteiger partial charge on any atom is -0.480 e. The van der Waals surface area contributed by atoms with Crippen molar-refractivity contribution in [3.63, 3.8) is 0 Å². The van der Waals surface area contributed by atoms with Crippen LogP contribution in [0.1, 0.15) is 42.7 Å². The van der Waals surface area contributed by atoms with E-state index in [1.54, 1.807) is 11.8 Å². The fraction of sp³-hybridized carbons (Fsp3) is 0.444. The Hall–Kier alpha value is -3.00. The molecule has 3 aliphatic rings. The molecule has 3 aliphatic carbocycles. The van der Waals surface area contributed by atoms with Gasteiger partial charge in [-0.15, -0.1) is 0 Å². The highest BCUT2D eigenvalue weighted by Gasteiger charge is 2.65. The van der Waals surface area contributed by atoms with Crippen LogP contribution in [-0.2, 0) is 14.3 Å². The van der Waals surface area contributed by atoms with Crippen LogP contribution in [-0.4, -0.2) is 53.8 Å². The first-order valence-electron chi connectivity index (χ1n) is 12.1. The first-order valence-corrected chi connectivity index (χ1v) is 13.5. The summed E-state index contributed by atoms with van der Waals surface area (Å²) in [6.45, 7) is 0.247. The molecular formula is C27H30N2O5S. The molecule has 4 atom stereocenters. The molecule has 0 bridgehead atoms. The Kier molecular flexibility index (Phi) is 6.49. The zero-order chi connectivity index (χ0) is 24.6. The molecule has 2 saturated carbocycles. The number of hydrogen-bond donors (Lipinski definition) is 3. The minimum absolute atomic E-state index is 0.00325. The molecule has 0 spiro atoms. The number of benzene rings is 2. The first-order chi connectivity index (χ1) is 16.9. The van der Waals surface area contributed by atoms with Gasteiger partial charge in [-0.1, -0.05) is 48.5 Å². The number of carboxylic acids is 1. The van der Waals surface area contributed by atoms with Crippen molar-refractivity contribution in [2.24, 2.45) is 11.3 Å². The number of hydrogen-bond acceptors (Lipinski definition) is 5. The van der Waals surface area contributed by atoms with Crippen LogP contribution >= 0.6 is 11.8 Å². The number of rotatable bonds is 9. The summed E-state index contributed by atoms with van der Waals surface area (Å²) in [6, 6.07) is 15.4. The van der Waals surface area contributed by atoms with Gasteiger partial charge in [0, 0.05) is 12.0 Å². The van der Waals surface area contributed by atoms with Crippen LogP contribution in [0.3, 0.4) is 0 Å². The van der Waals surface area contributed by atoms with Gasteiger partial charge in [0.15, 0.2) is 0 Å². The van der Waals surface area contributed by atoms with Gasteiger partial charge in [-0.2, -0.15) is 11.8 Å². The second kappa shape index (κ2) is 9.57. The zero-order valence-electron chi connectivity index (χ0n) is 19.7. The molecule has 2 fully saturated rings. The number of aliphatic carboxylic acids is 1. The first kappa shape index (κ1) is 23.7. The monoisotopic (exact) mass is 494 g/mol. The van der Waals surface area contributed by atoms with Crippen molar-refractivity contribution in [1.29, 1.82) is 0 Å². The third kappa shape index (κ3) is 4.51. The van der Waals surface area contributed by atoms with Crippen LogP contribution in [0.2, 0.25) is 0 Å². The molecule has 0 heterocycles. The van der Waals surface area contributed by atoms with Crippen LogP contribution in [0.15, 0.2) is 48.5 Å². The van der Waals surface area contributed by atoms with Crippen LogP contribution in [0, 0.1) is 11.3 Å². The second-order valence-electron chi connectivity index (χ2n) is 9.81. The number of carbonyl (C=O) groups is 3. The van der Waals surface area contributed by atoms with Crippen LogP contribution < -0.4 is 10.6 Å². The molecule has 0 saturated heterocycles. The smallest absolute Gasteiger partial charge is 0.407 e. The summed E-state index contributed by atoms with van der Waals surface area (Å²) in [6.07, 6.45) is 3.80. The molecule has 7 nitrogen and oxygen atoms in total. The predicted molar refractivity (Wildman–Crippen MR) is 134 cm³/mol. The fourth-order valence-corrected chi connectivity index (χ4v) is 6.36. The molecule has 1 unspecified atom stereocenters. The Balaban J connectivity index is 1.15. The third-order valence-electron chi connectivity index (χ3n) is 7.74. The zero-order valence-corrected chi connectivity index (χ0v) is 20.5. The highest BCUT2D eigenvalue weighted by molar-refractivity contribution is 7.98. The summed E-state index contributed by atoms with van der Waals surface area (Å²) in [5.41, 5.74) is 4.12. The van der Waals surface area contributed by atoms with Crippen molar-refractivity contribution in [2.45, 2.75) is 43.7 Å². The van der Waals surface area contributed by atoms with E-state index in [0.717, 1.165) is 17.5 Å². The highest BCUT2D eigenvalue weighted by Crippen LogP contribution is 2.63. The topological polar surface area (TPSA) is 105 Å². The quantitative estimate of drug-likeness (QED) is 0.487. The normalized spacial score (nSPS) is 24.6. The van der Waals surface area contributed by atoms with Crippen molar-refractivity contribution in [1.82, 2.24) is 10.6 Å². The van der Waals surface area contributed by atoms with E-state index < -0.39 is 23.5 Å². The third-order valence-corrected chi connectivity index (χ3v) is 8.39. The van der Waals surface area contributed by atoms with Crippen molar-refractivity contribution in [2.75, 3.05) is 18.6 Å². The molecule has 8 heteroatoms. The number of nitrogens with one attached hydrogen (secondary N) is 2. The average molecular weight is 495 g/mol. The summed E-state index contributed by atoms with van der Waals surface area (Å²) in [5, 5.41) is 15.1. The van der Waals surface area contributed by atoms with E-state index in [4.69, 9.17) is 4.74 Å². The number of amides is 2. The summed E-state index contributed by atoms with van der Waals surface area (Å²) < 4.78 is 5.65. The number of alkyl carbamates (subject to hydrolysis) is 1. The maximum absolute atomic E-state index is 12.9. The fourth-order valence-electron chi connectivity index (χ4n) is 5.89. The van der Waals surface area contributed by atoms with E-state index in [1.807, 2.05) is 30.5 Å². The van der Waals surface area contributed by atoms with Gasteiger partial charge in [0.1, 0.15) is 12.6 Å². The summed E-state index contributed by atoms with van der Waals surface area (Å²) in [4.78, 5) is 37.1. The molecule has 3 N–H and O–H groups in total. The van der Waals surface area contributed by atoms with E-state index in [-0.39, 0.29) is 30.4 Å². The standard InChI is InChI=1S/C27H30N2O5S/c1-35-11-10-23(24(30)31)29-25(32)27-13-16(27)12-17(14-27)28-26(33)34-15-22-20-8-4-2-6-18(20)19-7-3-5-9-21(19)22/h2-9,16-17,22-23H,10-15H2,1H3,(H,28,33)(H,29,32)(H,30,31)/t16-,17+,23?,27+/m1/s1. The van der Waals surface area contributed by atoms with Gasteiger partial charge in [0.05, 0.1) is 5.41 Å². The Labute approximate surface area is 209 Å². The lowest BCUT2D eigenvalue weighted by Gasteiger charge is -2.21.